The van der Waals surface area contributed by atoms with Gasteiger partial charge in [0.1, 0.15) is 5.82 Å². The molecule has 1 rings (SSSR count). The van der Waals surface area contributed by atoms with Gasteiger partial charge in [0.2, 0.25) is 5.91 Å². The van der Waals surface area contributed by atoms with Crippen molar-refractivity contribution in [1.82, 2.24) is 5.32 Å². The second-order valence-electron chi connectivity index (χ2n) is 4.53. The second-order valence-corrected chi connectivity index (χ2v) is 4.53. The van der Waals surface area contributed by atoms with Crippen LogP contribution in [0.1, 0.15) is 31.4 Å². The molecular formula is C14H20FNO2. The molecule has 0 spiro atoms. The van der Waals surface area contributed by atoms with Gasteiger partial charge in [-0.1, -0.05) is 12.1 Å². The number of ether oxygens (including phenoxy) is 1. The highest BCUT2D eigenvalue weighted by molar-refractivity contribution is 5.75. The van der Waals surface area contributed by atoms with E-state index in [4.69, 9.17) is 4.74 Å². The number of rotatable bonds is 6. The van der Waals surface area contributed by atoms with Gasteiger partial charge in [-0.25, -0.2) is 4.39 Å². The van der Waals surface area contributed by atoms with E-state index in [1.54, 1.807) is 19.1 Å². The van der Waals surface area contributed by atoms with Gasteiger partial charge in [0.15, 0.2) is 0 Å². The number of nitrogens with one attached hydrogen (secondary N) is 1. The zero-order valence-electron chi connectivity index (χ0n) is 11.1. The molecule has 0 aliphatic rings. The highest BCUT2D eigenvalue weighted by Gasteiger charge is 2.04. The molecule has 0 heterocycles. The summed E-state index contributed by atoms with van der Waals surface area (Å²) >= 11 is 0. The number of hydrogen-bond donors (Lipinski definition) is 1. The molecular weight excluding hydrogens is 233 g/mol. The summed E-state index contributed by atoms with van der Waals surface area (Å²) in [6.45, 7) is 6.41. The molecule has 3 nitrogen and oxygen atoms in total. The van der Waals surface area contributed by atoms with Gasteiger partial charge >= 0.3 is 0 Å². The van der Waals surface area contributed by atoms with E-state index in [-0.39, 0.29) is 17.8 Å². The van der Waals surface area contributed by atoms with Crippen LogP contribution in [-0.4, -0.2) is 18.6 Å². The number of aryl methyl sites for hydroxylation is 1. The molecule has 0 radical (unpaired) electrons. The zero-order chi connectivity index (χ0) is 13.5. The average Bonchev–Trinajstić information content (AvgIpc) is 2.30. The van der Waals surface area contributed by atoms with Crippen molar-refractivity contribution in [2.45, 2.75) is 39.8 Å². The molecule has 0 aromatic heterocycles. The van der Waals surface area contributed by atoms with Crippen molar-refractivity contribution in [1.29, 1.82) is 0 Å². The first kappa shape index (κ1) is 14.6. The molecule has 100 valence electrons. The van der Waals surface area contributed by atoms with Gasteiger partial charge in [0, 0.05) is 13.0 Å². The lowest BCUT2D eigenvalue weighted by Gasteiger charge is -2.08. The van der Waals surface area contributed by atoms with Crippen molar-refractivity contribution in [2.75, 3.05) is 6.61 Å². The highest BCUT2D eigenvalue weighted by Crippen LogP contribution is 2.08. The third kappa shape index (κ3) is 5.27. The fourth-order valence-corrected chi connectivity index (χ4v) is 1.49. The minimum atomic E-state index is -0.226. The fraction of sp³-hybridized carbons (Fsp3) is 0.500. The standard InChI is InChI=1S/C14H20FNO2/c1-10(2)18-7-6-14(17)16-9-12-4-5-13(15)11(3)8-12/h4-5,8,10H,6-7,9H2,1-3H3,(H,16,17). The quantitative estimate of drug-likeness (QED) is 0.846. The van der Waals surface area contributed by atoms with Crippen LogP contribution in [0.5, 0.6) is 0 Å². The monoisotopic (exact) mass is 253 g/mol. The van der Waals surface area contributed by atoms with E-state index in [9.17, 15) is 9.18 Å². The summed E-state index contributed by atoms with van der Waals surface area (Å²) in [6.07, 6.45) is 0.482. The van der Waals surface area contributed by atoms with Crippen molar-refractivity contribution < 1.29 is 13.9 Å². The van der Waals surface area contributed by atoms with E-state index < -0.39 is 0 Å². The van der Waals surface area contributed by atoms with E-state index in [0.717, 1.165) is 5.56 Å². The largest absolute Gasteiger partial charge is 0.378 e. The Kier molecular flexibility index (Phi) is 5.78. The molecule has 1 aromatic carbocycles. The molecule has 0 saturated heterocycles. The number of benzene rings is 1. The van der Waals surface area contributed by atoms with Gasteiger partial charge in [0.05, 0.1) is 12.7 Å². The molecule has 1 amide bonds. The first-order valence-corrected chi connectivity index (χ1v) is 6.12. The Bertz CT molecular complexity index is 405. The van der Waals surface area contributed by atoms with Crippen LogP contribution < -0.4 is 5.32 Å². The van der Waals surface area contributed by atoms with Crippen LogP contribution in [0.3, 0.4) is 0 Å². The van der Waals surface area contributed by atoms with Crippen LogP contribution in [-0.2, 0) is 16.1 Å². The molecule has 0 fully saturated rings. The van der Waals surface area contributed by atoms with E-state index >= 15 is 0 Å². The average molecular weight is 253 g/mol. The number of carbonyl (C=O) groups is 1. The van der Waals surface area contributed by atoms with Gasteiger partial charge < -0.3 is 10.1 Å². The SMILES string of the molecule is Cc1cc(CNC(=O)CCOC(C)C)ccc1F. The van der Waals surface area contributed by atoms with E-state index in [1.165, 1.54) is 6.07 Å². The Morgan fingerprint density at radius 2 is 2.17 bits per heavy atom. The number of halogens is 1. The summed E-state index contributed by atoms with van der Waals surface area (Å²) in [7, 11) is 0. The van der Waals surface area contributed by atoms with Crippen LogP contribution in [0.15, 0.2) is 18.2 Å². The van der Waals surface area contributed by atoms with Crippen molar-refractivity contribution in [3.8, 4) is 0 Å². The lowest BCUT2D eigenvalue weighted by Crippen LogP contribution is -2.24. The summed E-state index contributed by atoms with van der Waals surface area (Å²) in [6, 6.07) is 4.83. The highest BCUT2D eigenvalue weighted by atomic mass is 19.1. The molecule has 1 N–H and O–H groups in total. The van der Waals surface area contributed by atoms with Crippen LogP contribution in [0, 0.1) is 12.7 Å². The lowest BCUT2D eigenvalue weighted by molar-refractivity contribution is -0.122. The van der Waals surface area contributed by atoms with Crippen molar-refractivity contribution in [3.05, 3.63) is 35.1 Å². The molecule has 1 aromatic rings. The fourth-order valence-electron chi connectivity index (χ4n) is 1.49. The van der Waals surface area contributed by atoms with Crippen LogP contribution in [0.2, 0.25) is 0 Å². The van der Waals surface area contributed by atoms with Gasteiger partial charge in [-0.05, 0) is 38.0 Å². The number of amides is 1. The van der Waals surface area contributed by atoms with Crippen molar-refractivity contribution in [3.63, 3.8) is 0 Å². The molecule has 0 bridgehead atoms. The molecule has 0 aliphatic heterocycles. The summed E-state index contributed by atoms with van der Waals surface area (Å²) in [5.41, 5.74) is 1.48. The Hall–Kier alpha value is -1.42. The third-order valence-electron chi connectivity index (χ3n) is 2.49. The Balaban J connectivity index is 2.31. The van der Waals surface area contributed by atoms with Gasteiger partial charge in [-0.15, -0.1) is 0 Å². The Labute approximate surface area is 107 Å². The summed E-state index contributed by atoms with van der Waals surface area (Å²) < 4.78 is 18.3. The molecule has 0 unspecified atom stereocenters. The maximum absolute atomic E-state index is 13.0. The molecule has 0 atom stereocenters. The predicted molar refractivity (Wildman–Crippen MR) is 68.7 cm³/mol. The molecule has 0 aliphatic carbocycles. The van der Waals surface area contributed by atoms with Crippen LogP contribution in [0.4, 0.5) is 4.39 Å². The van der Waals surface area contributed by atoms with E-state index in [1.807, 2.05) is 13.8 Å². The minimum absolute atomic E-state index is 0.0578. The number of hydrogen-bond acceptors (Lipinski definition) is 2. The summed E-state index contributed by atoms with van der Waals surface area (Å²) in [4.78, 5) is 11.5. The predicted octanol–water partition coefficient (Wildman–Crippen LogP) is 2.57. The summed E-state index contributed by atoms with van der Waals surface area (Å²) in [5.74, 6) is -0.284. The normalized spacial score (nSPS) is 10.7. The van der Waals surface area contributed by atoms with Gasteiger partial charge in [0.25, 0.3) is 0 Å². The van der Waals surface area contributed by atoms with Gasteiger partial charge in [-0.3, -0.25) is 4.79 Å². The maximum Gasteiger partial charge on any atom is 0.222 e. The van der Waals surface area contributed by atoms with Crippen LogP contribution >= 0.6 is 0 Å². The Morgan fingerprint density at radius 1 is 1.44 bits per heavy atom. The number of carbonyl (C=O) groups excluding carboxylic acids is 1. The maximum atomic E-state index is 13.0. The van der Waals surface area contributed by atoms with E-state index in [2.05, 4.69) is 5.32 Å². The molecule has 18 heavy (non-hydrogen) atoms. The molecule has 0 saturated carbocycles. The van der Waals surface area contributed by atoms with Crippen molar-refractivity contribution >= 4 is 5.91 Å². The van der Waals surface area contributed by atoms with E-state index in [0.29, 0.717) is 25.1 Å². The zero-order valence-corrected chi connectivity index (χ0v) is 11.1. The third-order valence-corrected chi connectivity index (χ3v) is 2.49. The first-order chi connectivity index (χ1) is 8.49. The second kappa shape index (κ2) is 7.11. The lowest BCUT2D eigenvalue weighted by atomic mass is 10.1. The van der Waals surface area contributed by atoms with Crippen molar-refractivity contribution in [2.24, 2.45) is 0 Å². The summed E-state index contributed by atoms with van der Waals surface area (Å²) in [5, 5.41) is 2.78. The Morgan fingerprint density at radius 3 is 2.78 bits per heavy atom. The minimum Gasteiger partial charge on any atom is -0.378 e. The molecule has 4 heteroatoms. The van der Waals surface area contributed by atoms with Gasteiger partial charge in [-0.2, -0.15) is 0 Å². The topological polar surface area (TPSA) is 38.3 Å². The first-order valence-electron chi connectivity index (χ1n) is 6.12. The smallest absolute Gasteiger partial charge is 0.222 e. The van der Waals surface area contributed by atoms with Crippen LogP contribution in [0.25, 0.3) is 0 Å².